The Morgan fingerprint density at radius 1 is 1.78 bits per heavy atom. The lowest BCUT2D eigenvalue weighted by Crippen LogP contribution is -1.74. The average molecular weight is 126 g/mol. The molecule has 0 radical (unpaired) electrons. The van der Waals surface area contributed by atoms with E-state index in [1.54, 1.807) is 6.92 Å². The van der Waals surface area contributed by atoms with E-state index in [0.29, 0.717) is 11.8 Å². The predicted octanol–water partition coefficient (Wildman–Crippen LogP) is 1.11. The zero-order valence-corrected chi connectivity index (χ0v) is 4.92. The van der Waals surface area contributed by atoms with Crippen LogP contribution < -0.4 is 0 Å². The molecule has 0 spiro atoms. The molecule has 0 fully saturated rings. The molecular weight excluding hydrogens is 120 g/mol. The van der Waals surface area contributed by atoms with Crippen LogP contribution in [0.5, 0.6) is 5.95 Å². The van der Waals surface area contributed by atoms with E-state index in [1.807, 2.05) is 0 Å². The van der Waals surface area contributed by atoms with Gasteiger partial charge >= 0.3 is 0 Å². The second-order valence-electron chi connectivity index (χ2n) is 1.75. The van der Waals surface area contributed by atoms with Crippen LogP contribution in [0.25, 0.3) is 0 Å². The summed E-state index contributed by atoms with van der Waals surface area (Å²) in [7, 11) is 0. The smallest absolute Gasteiger partial charge is 0.282 e. The molecule has 3 nitrogen and oxygen atoms in total. The molecule has 0 amide bonds. The SMILES string of the molecule is Cc1cc(O)oc1C=O. The van der Waals surface area contributed by atoms with Crippen LogP contribution >= 0.6 is 0 Å². The number of aryl methyl sites for hydroxylation is 1. The molecule has 0 bridgehead atoms. The maximum absolute atomic E-state index is 10.0. The Morgan fingerprint density at radius 3 is 2.67 bits per heavy atom. The van der Waals surface area contributed by atoms with E-state index >= 15 is 0 Å². The van der Waals surface area contributed by atoms with Crippen molar-refractivity contribution in [2.24, 2.45) is 0 Å². The summed E-state index contributed by atoms with van der Waals surface area (Å²) in [6.45, 7) is 1.69. The fourth-order valence-electron chi connectivity index (χ4n) is 0.596. The van der Waals surface area contributed by atoms with Gasteiger partial charge in [0.2, 0.25) is 0 Å². The molecule has 1 aromatic rings. The number of rotatable bonds is 1. The van der Waals surface area contributed by atoms with Crippen molar-refractivity contribution in [2.75, 3.05) is 0 Å². The van der Waals surface area contributed by atoms with Gasteiger partial charge in [-0.15, -0.1) is 0 Å². The Kier molecular flexibility index (Phi) is 1.26. The molecule has 0 atom stereocenters. The van der Waals surface area contributed by atoms with E-state index in [2.05, 4.69) is 4.42 Å². The van der Waals surface area contributed by atoms with Gasteiger partial charge in [0.15, 0.2) is 12.0 Å². The zero-order chi connectivity index (χ0) is 6.85. The molecule has 0 aliphatic rings. The molecule has 9 heavy (non-hydrogen) atoms. The lowest BCUT2D eigenvalue weighted by atomic mass is 10.3. The van der Waals surface area contributed by atoms with Crippen LogP contribution in [0.3, 0.4) is 0 Å². The van der Waals surface area contributed by atoms with Gasteiger partial charge in [-0.3, -0.25) is 4.79 Å². The highest BCUT2D eigenvalue weighted by molar-refractivity contribution is 5.73. The van der Waals surface area contributed by atoms with E-state index in [-0.39, 0.29) is 11.7 Å². The summed E-state index contributed by atoms with van der Waals surface area (Å²) >= 11 is 0. The number of aldehydes is 1. The minimum atomic E-state index is -0.213. The molecule has 0 saturated carbocycles. The van der Waals surface area contributed by atoms with Gasteiger partial charge in [-0.25, -0.2) is 0 Å². The summed E-state index contributed by atoms with van der Waals surface area (Å²) in [5, 5.41) is 8.64. The summed E-state index contributed by atoms with van der Waals surface area (Å²) in [4.78, 5) is 10.0. The maximum Gasteiger partial charge on any atom is 0.282 e. The average Bonchev–Trinajstić information content (AvgIpc) is 2.10. The number of aromatic hydroxyl groups is 1. The highest BCUT2D eigenvalue weighted by atomic mass is 16.5. The normalized spacial score (nSPS) is 9.44. The largest absolute Gasteiger partial charge is 0.481 e. The van der Waals surface area contributed by atoms with Crippen LogP contribution in [-0.2, 0) is 0 Å². The Hall–Kier alpha value is -1.25. The lowest BCUT2D eigenvalue weighted by Gasteiger charge is -1.78. The van der Waals surface area contributed by atoms with Gasteiger partial charge < -0.3 is 9.52 Å². The van der Waals surface area contributed by atoms with Crippen molar-refractivity contribution in [3.05, 3.63) is 17.4 Å². The molecule has 1 N–H and O–H groups in total. The molecule has 0 aliphatic heterocycles. The van der Waals surface area contributed by atoms with Crippen molar-refractivity contribution in [3.8, 4) is 5.95 Å². The van der Waals surface area contributed by atoms with Crippen LogP contribution in [0.2, 0.25) is 0 Å². The van der Waals surface area contributed by atoms with Gasteiger partial charge in [0.1, 0.15) is 0 Å². The molecule has 0 unspecified atom stereocenters. The highest BCUT2D eigenvalue weighted by Gasteiger charge is 2.02. The number of furan rings is 1. The third kappa shape index (κ3) is 0.937. The third-order valence-electron chi connectivity index (χ3n) is 1.05. The maximum atomic E-state index is 10.0. The van der Waals surface area contributed by atoms with E-state index in [4.69, 9.17) is 5.11 Å². The van der Waals surface area contributed by atoms with Gasteiger partial charge in [0.25, 0.3) is 5.95 Å². The van der Waals surface area contributed by atoms with Gasteiger partial charge in [-0.2, -0.15) is 0 Å². The van der Waals surface area contributed by atoms with Gasteiger partial charge in [-0.1, -0.05) is 0 Å². The van der Waals surface area contributed by atoms with Crippen molar-refractivity contribution >= 4 is 6.29 Å². The highest BCUT2D eigenvalue weighted by Crippen LogP contribution is 2.17. The van der Waals surface area contributed by atoms with E-state index < -0.39 is 0 Å². The zero-order valence-electron chi connectivity index (χ0n) is 4.92. The Bertz CT molecular complexity index is 224. The second kappa shape index (κ2) is 1.93. The number of carbonyl (C=O) groups excluding carboxylic acids is 1. The minimum Gasteiger partial charge on any atom is -0.481 e. The fourth-order valence-corrected chi connectivity index (χ4v) is 0.596. The lowest BCUT2D eigenvalue weighted by molar-refractivity contribution is 0.109. The molecule has 1 rings (SSSR count). The Labute approximate surface area is 51.9 Å². The number of carbonyl (C=O) groups is 1. The standard InChI is InChI=1S/C6H6O3/c1-4-2-6(8)9-5(4)3-7/h2-3,8H,1H3. The molecule has 1 aromatic heterocycles. The van der Waals surface area contributed by atoms with Crippen LogP contribution in [-0.4, -0.2) is 11.4 Å². The number of hydrogen-bond donors (Lipinski definition) is 1. The van der Waals surface area contributed by atoms with Crippen LogP contribution in [0.1, 0.15) is 16.1 Å². The molecular formula is C6H6O3. The molecule has 0 saturated heterocycles. The van der Waals surface area contributed by atoms with Gasteiger partial charge in [0.05, 0.1) is 0 Å². The van der Waals surface area contributed by atoms with Crippen molar-refractivity contribution in [2.45, 2.75) is 6.92 Å². The summed E-state index contributed by atoms with van der Waals surface area (Å²) in [6, 6.07) is 1.39. The fraction of sp³-hybridized carbons (Fsp3) is 0.167. The van der Waals surface area contributed by atoms with E-state index in [1.165, 1.54) is 6.07 Å². The quantitative estimate of drug-likeness (QED) is 0.573. The van der Waals surface area contributed by atoms with E-state index in [0.717, 1.165) is 0 Å². The van der Waals surface area contributed by atoms with Crippen molar-refractivity contribution < 1.29 is 14.3 Å². The van der Waals surface area contributed by atoms with Crippen molar-refractivity contribution in [1.29, 1.82) is 0 Å². The Balaban J connectivity index is 3.15. The molecule has 0 aliphatic carbocycles. The first kappa shape index (κ1) is 5.88. The number of hydrogen-bond acceptors (Lipinski definition) is 3. The summed E-state index contributed by atoms with van der Waals surface area (Å²) < 4.78 is 4.55. The second-order valence-corrected chi connectivity index (χ2v) is 1.75. The molecule has 0 aromatic carbocycles. The summed E-state index contributed by atoms with van der Waals surface area (Å²) in [5.41, 5.74) is 0.655. The van der Waals surface area contributed by atoms with Crippen LogP contribution in [0.15, 0.2) is 10.5 Å². The first-order chi connectivity index (χ1) is 4.24. The third-order valence-corrected chi connectivity index (χ3v) is 1.05. The molecule has 1 heterocycles. The first-order valence-corrected chi connectivity index (χ1v) is 2.48. The monoisotopic (exact) mass is 126 g/mol. The summed E-state index contributed by atoms with van der Waals surface area (Å²) in [5.74, 6) is -0.0258. The first-order valence-electron chi connectivity index (χ1n) is 2.48. The molecule has 3 heteroatoms. The van der Waals surface area contributed by atoms with Crippen molar-refractivity contribution in [3.63, 3.8) is 0 Å². The van der Waals surface area contributed by atoms with Crippen LogP contribution in [0, 0.1) is 6.92 Å². The van der Waals surface area contributed by atoms with E-state index in [9.17, 15) is 4.79 Å². The van der Waals surface area contributed by atoms with Gasteiger partial charge in [0, 0.05) is 11.6 Å². The molecule has 48 valence electrons. The van der Waals surface area contributed by atoms with Gasteiger partial charge in [-0.05, 0) is 6.92 Å². The minimum absolute atomic E-state index is 0.188. The van der Waals surface area contributed by atoms with Crippen LogP contribution in [0.4, 0.5) is 0 Å². The topological polar surface area (TPSA) is 50.4 Å². The predicted molar refractivity (Wildman–Crippen MR) is 30.5 cm³/mol. The summed E-state index contributed by atoms with van der Waals surface area (Å²) in [6.07, 6.45) is 0.565. The Morgan fingerprint density at radius 2 is 2.44 bits per heavy atom. The van der Waals surface area contributed by atoms with Crippen molar-refractivity contribution in [1.82, 2.24) is 0 Å².